The Labute approximate surface area is 109 Å². The number of nitrogens with one attached hydrogen (secondary N) is 1. The van der Waals surface area contributed by atoms with Crippen molar-refractivity contribution < 1.29 is 0 Å². The van der Waals surface area contributed by atoms with Crippen molar-refractivity contribution >= 4 is 29.9 Å². The van der Waals surface area contributed by atoms with Gasteiger partial charge in [0, 0.05) is 10.2 Å². The first-order chi connectivity index (χ1) is 7.13. The van der Waals surface area contributed by atoms with Gasteiger partial charge in [0.05, 0.1) is 0 Å². The number of benzene rings is 1. The zero-order valence-electron chi connectivity index (χ0n) is 11.1. The van der Waals surface area contributed by atoms with Crippen molar-refractivity contribution in [3.63, 3.8) is 0 Å². The third kappa shape index (κ3) is 3.11. The Morgan fingerprint density at radius 3 is 2.19 bits per heavy atom. The second-order valence-corrected chi connectivity index (χ2v) is 11.9. The number of aryl methyl sites for hydroxylation is 1. The van der Waals surface area contributed by atoms with E-state index >= 15 is 0 Å². The summed E-state index contributed by atoms with van der Waals surface area (Å²) >= 11 is 3.50. The molecule has 1 aromatic rings. The molecule has 0 saturated heterocycles. The molecule has 1 rings (SSSR count). The minimum Gasteiger partial charge on any atom is -0.410 e. The van der Waals surface area contributed by atoms with Crippen LogP contribution in [0.1, 0.15) is 26.3 Å². The van der Waals surface area contributed by atoms with E-state index in [-0.39, 0.29) is 0 Å². The Morgan fingerprint density at radius 2 is 1.75 bits per heavy atom. The first-order valence-electron chi connectivity index (χ1n) is 5.68. The number of rotatable bonds is 2. The van der Waals surface area contributed by atoms with Crippen LogP contribution in [0.2, 0.25) is 18.1 Å². The highest BCUT2D eigenvalue weighted by Gasteiger charge is 2.35. The predicted octanol–water partition coefficient (Wildman–Crippen LogP) is 5.17. The van der Waals surface area contributed by atoms with Crippen LogP contribution in [-0.2, 0) is 0 Å². The van der Waals surface area contributed by atoms with E-state index in [1.165, 1.54) is 11.3 Å². The summed E-state index contributed by atoms with van der Waals surface area (Å²) in [4.78, 5) is 3.77. The molecule has 1 N–H and O–H groups in total. The molecule has 0 aliphatic carbocycles. The molecule has 90 valence electrons. The summed E-state index contributed by atoms with van der Waals surface area (Å²) in [7, 11) is -1.46. The van der Waals surface area contributed by atoms with Crippen LogP contribution in [-0.4, -0.2) is 8.24 Å². The topological polar surface area (TPSA) is 12.0 Å². The summed E-state index contributed by atoms with van der Waals surface area (Å²) in [5.74, 6) is 0. The lowest BCUT2D eigenvalue weighted by Gasteiger charge is -2.38. The van der Waals surface area contributed by atoms with Crippen molar-refractivity contribution in [2.24, 2.45) is 0 Å². The summed E-state index contributed by atoms with van der Waals surface area (Å²) in [5.41, 5.74) is 2.58. The van der Waals surface area contributed by atoms with Gasteiger partial charge in [0.25, 0.3) is 0 Å². The highest BCUT2D eigenvalue weighted by molar-refractivity contribution is 9.10. The molecule has 0 aliphatic rings. The van der Waals surface area contributed by atoms with E-state index in [2.05, 4.69) is 79.9 Å². The fraction of sp³-hybridized carbons (Fsp3) is 0.538. The molecule has 0 saturated carbocycles. The quantitative estimate of drug-likeness (QED) is 0.743. The SMILES string of the molecule is Cc1cc(Br)ccc1N[Si](C)(C)C(C)(C)C. The lowest BCUT2D eigenvalue weighted by molar-refractivity contribution is 0.723. The fourth-order valence-corrected chi connectivity index (χ4v) is 3.10. The van der Waals surface area contributed by atoms with Gasteiger partial charge in [-0.3, -0.25) is 0 Å². The predicted molar refractivity (Wildman–Crippen MR) is 79.7 cm³/mol. The van der Waals surface area contributed by atoms with E-state index in [1.54, 1.807) is 0 Å². The molecular formula is C13H22BrNSi. The van der Waals surface area contributed by atoms with E-state index in [4.69, 9.17) is 0 Å². The van der Waals surface area contributed by atoms with Gasteiger partial charge in [0.1, 0.15) is 0 Å². The van der Waals surface area contributed by atoms with Gasteiger partial charge in [-0.15, -0.1) is 0 Å². The molecule has 0 fully saturated rings. The van der Waals surface area contributed by atoms with Crippen LogP contribution in [0, 0.1) is 6.92 Å². The van der Waals surface area contributed by atoms with Crippen molar-refractivity contribution in [1.82, 2.24) is 0 Å². The molecule has 0 heterocycles. The standard InChI is InChI=1S/C13H22BrNSi/c1-10-9-11(14)7-8-12(10)15-16(5,6)13(2,3)4/h7-9,15H,1-6H3. The van der Waals surface area contributed by atoms with Crippen LogP contribution < -0.4 is 4.98 Å². The summed E-state index contributed by atoms with van der Waals surface area (Å²) in [6, 6.07) is 6.43. The van der Waals surface area contributed by atoms with Gasteiger partial charge in [-0.2, -0.15) is 0 Å². The average Bonchev–Trinajstić information content (AvgIpc) is 2.08. The zero-order valence-corrected chi connectivity index (χ0v) is 13.7. The van der Waals surface area contributed by atoms with Gasteiger partial charge in [0.15, 0.2) is 8.24 Å². The van der Waals surface area contributed by atoms with E-state index in [0.29, 0.717) is 5.04 Å². The molecule has 0 bridgehead atoms. The lowest BCUT2D eigenvalue weighted by Crippen LogP contribution is -2.46. The van der Waals surface area contributed by atoms with Crippen LogP contribution in [0.25, 0.3) is 0 Å². The summed E-state index contributed by atoms with van der Waals surface area (Å²) in [6.07, 6.45) is 0. The van der Waals surface area contributed by atoms with Crippen LogP contribution in [0.5, 0.6) is 0 Å². The monoisotopic (exact) mass is 299 g/mol. The Hall–Kier alpha value is -0.283. The molecule has 0 aliphatic heterocycles. The molecule has 0 atom stereocenters. The second-order valence-electron chi connectivity index (χ2n) is 5.96. The molecule has 0 spiro atoms. The third-order valence-electron chi connectivity index (χ3n) is 3.51. The number of anilines is 1. The maximum Gasteiger partial charge on any atom is 0.152 e. The van der Waals surface area contributed by atoms with Crippen LogP contribution in [0.3, 0.4) is 0 Å². The maximum absolute atomic E-state index is 3.77. The van der Waals surface area contributed by atoms with Gasteiger partial charge >= 0.3 is 0 Å². The minimum absolute atomic E-state index is 0.354. The molecule has 0 radical (unpaired) electrons. The molecule has 0 unspecified atom stereocenters. The Balaban J connectivity index is 2.97. The van der Waals surface area contributed by atoms with Gasteiger partial charge in [-0.1, -0.05) is 49.8 Å². The maximum atomic E-state index is 3.77. The highest BCUT2D eigenvalue weighted by atomic mass is 79.9. The Bertz CT molecular complexity index is 380. The fourth-order valence-electron chi connectivity index (χ4n) is 1.29. The first kappa shape index (κ1) is 13.8. The minimum atomic E-state index is -1.46. The van der Waals surface area contributed by atoms with Crippen LogP contribution >= 0.6 is 15.9 Å². The van der Waals surface area contributed by atoms with Crippen molar-refractivity contribution in [3.8, 4) is 0 Å². The van der Waals surface area contributed by atoms with Crippen molar-refractivity contribution in [2.75, 3.05) is 4.98 Å². The van der Waals surface area contributed by atoms with E-state index in [9.17, 15) is 0 Å². The van der Waals surface area contributed by atoms with Gasteiger partial charge in [-0.25, -0.2) is 0 Å². The molecular weight excluding hydrogens is 278 g/mol. The van der Waals surface area contributed by atoms with Crippen molar-refractivity contribution in [1.29, 1.82) is 0 Å². The van der Waals surface area contributed by atoms with Gasteiger partial charge < -0.3 is 4.98 Å². The first-order valence-corrected chi connectivity index (χ1v) is 9.47. The van der Waals surface area contributed by atoms with Crippen molar-refractivity contribution in [3.05, 3.63) is 28.2 Å². The average molecular weight is 300 g/mol. The van der Waals surface area contributed by atoms with Crippen molar-refractivity contribution in [2.45, 2.75) is 45.8 Å². The normalized spacial score (nSPS) is 12.7. The van der Waals surface area contributed by atoms with Crippen LogP contribution in [0.4, 0.5) is 5.69 Å². The molecule has 0 amide bonds. The number of halogens is 1. The van der Waals surface area contributed by atoms with E-state index in [0.717, 1.165) is 4.47 Å². The summed E-state index contributed by atoms with van der Waals surface area (Å²) in [6.45, 7) is 13.9. The van der Waals surface area contributed by atoms with Gasteiger partial charge in [-0.05, 0) is 35.7 Å². The summed E-state index contributed by atoms with van der Waals surface area (Å²) in [5, 5.41) is 0.354. The molecule has 1 nitrogen and oxygen atoms in total. The van der Waals surface area contributed by atoms with Gasteiger partial charge in [0.2, 0.25) is 0 Å². The number of hydrogen-bond donors (Lipinski definition) is 1. The van der Waals surface area contributed by atoms with Crippen LogP contribution in [0.15, 0.2) is 22.7 Å². The molecule has 16 heavy (non-hydrogen) atoms. The van der Waals surface area contributed by atoms with E-state index in [1.807, 2.05) is 0 Å². The Kier molecular flexibility index (Phi) is 3.90. The second kappa shape index (κ2) is 4.53. The Morgan fingerprint density at radius 1 is 1.19 bits per heavy atom. The summed E-state index contributed by atoms with van der Waals surface area (Å²) < 4.78 is 1.14. The molecule has 0 aromatic heterocycles. The lowest BCUT2D eigenvalue weighted by atomic mass is 10.2. The zero-order chi connectivity index (χ0) is 12.6. The largest absolute Gasteiger partial charge is 0.410 e. The number of hydrogen-bond acceptors (Lipinski definition) is 1. The molecule has 3 heteroatoms. The van der Waals surface area contributed by atoms with E-state index < -0.39 is 8.24 Å². The smallest absolute Gasteiger partial charge is 0.152 e. The molecule has 1 aromatic carbocycles. The third-order valence-corrected chi connectivity index (χ3v) is 8.65. The highest BCUT2D eigenvalue weighted by Crippen LogP contribution is 2.37.